The molecule has 216 valence electrons. The molecule has 0 fully saturated rings. The van der Waals surface area contributed by atoms with Gasteiger partial charge in [0.2, 0.25) is 0 Å². The van der Waals surface area contributed by atoms with Crippen LogP contribution in [0.15, 0.2) is 77.6 Å². The molecule has 0 aliphatic carbocycles. The maximum atomic E-state index is 14.3. The topological polar surface area (TPSA) is 80.4 Å². The highest BCUT2D eigenvalue weighted by molar-refractivity contribution is 6.31. The Morgan fingerprint density at radius 1 is 0.905 bits per heavy atom. The van der Waals surface area contributed by atoms with E-state index in [9.17, 15) is 14.4 Å². The van der Waals surface area contributed by atoms with Crippen LogP contribution in [0.4, 0.5) is 11.4 Å². The smallest absolute Gasteiger partial charge is 0.292 e. The molecule has 2 amide bonds. The molecular weight excluding hydrogens is 550 g/mol. The SMILES string of the molecule is CCc1ccc(N(CC)C(=O)C(C)n2nc(C(=O)N(CC)c3cccc(Cl)c3)c3c4ccccc4n(C)c3c2=O)cc1. The number of anilines is 2. The highest BCUT2D eigenvalue weighted by Gasteiger charge is 2.31. The second-order valence-electron chi connectivity index (χ2n) is 10.2. The second kappa shape index (κ2) is 11.8. The first-order chi connectivity index (χ1) is 20.2. The number of carbonyl (C=O) groups is 2. The highest BCUT2D eigenvalue weighted by Crippen LogP contribution is 2.31. The summed E-state index contributed by atoms with van der Waals surface area (Å²) in [7, 11) is 1.79. The Hall–Kier alpha value is -4.43. The molecule has 5 rings (SSSR count). The third kappa shape index (κ3) is 4.96. The Labute approximate surface area is 249 Å². The number of fused-ring (bicyclic) bond motifs is 3. The van der Waals surface area contributed by atoms with E-state index in [1.54, 1.807) is 52.6 Å². The van der Waals surface area contributed by atoms with E-state index in [0.717, 1.165) is 33.3 Å². The predicted octanol–water partition coefficient (Wildman–Crippen LogP) is 6.38. The van der Waals surface area contributed by atoms with Gasteiger partial charge >= 0.3 is 0 Å². The van der Waals surface area contributed by atoms with E-state index in [4.69, 9.17) is 11.6 Å². The molecule has 0 aliphatic heterocycles. The number of likely N-dealkylation sites (N-methyl/N-ethyl adjacent to an activating group) is 1. The van der Waals surface area contributed by atoms with Crippen LogP contribution in [0.1, 0.15) is 49.8 Å². The molecule has 0 bridgehead atoms. The predicted molar refractivity (Wildman–Crippen MR) is 170 cm³/mol. The summed E-state index contributed by atoms with van der Waals surface area (Å²) in [4.78, 5) is 45.5. The van der Waals surface area contributed by atoms with E-state index in [1.807, 2.05) is 62.4 Å². The Kier molecular flexibility index (Phi) is 8.18. The monoisotopic (exact) mass is 583 g/mol. The summed E-state index contributed by atoms with van der Waals surface area (Å²) in [5, 5.41) is 6.36. The van der Waals surface area contributed by atoms with Crippen LogP contribution < -0.4 is 15.4 Å². The molecule has 5 aromatic rings. The van der Waals surface area contributed by atoms with E-state index in [0.29, 0.717) is 34.7 Å². The van der Waals surface area contributed by atoms with E-state index >= 15 is 0 Å². The molecular formula is C33H34ClN5O3. The lowest BCUT2D eigenvalue weighted by Gasteiger charge is -2.26. The average Bonchev–Trinajstić information content (AvgIpc) is 3.31. The molecule has 0 N–H and O–H groups in total. The molecule has 8 nitrogen and oxygen atoms in total. The third-order valence-corrected chi connectivity index (χ3v) is 8.04. The molecule has 0 saturated heterocycles. The van der Waals surface area contributed by atoms with Crippen molar-refractivity contribution in [1.29, 1.82) is 0 Å². The van der Waals surface area contributed by atoms with Gasteiger partial charge in [-0.05, 0) is 69.2 Å². The van der Waals surface area contributed by atoms with Gasteiger partial charge in [-0.15, -0.1) is 0 Å². The normalized spacial score (nSPS) is 12.0. The molecule has 0 aliphatic rings. The molecule has 2 aromatic heterocycles. The number of rotatable bonds is 8. The molecule has 0 saturated carbocycles. The van der Waals surface area contributed by atoms with Gasteiger partial charge in [0.1, 0.15) is 11.6 Å². The zero-order valence-electron chi connectivity index (χ0n) is 24.5. The van der Waals surface area contributed by atoms with Crippen molar-refractivity contribution in [2.45, 2.75) is 40.2 Å². The largest absolute Gasteiger partial charge is 0.339 e. The van der Waals surface area contributed by atoms with Crippen LogP contribution in [0.5, 0.6) is 0 Å². The van der Waals surface area contributed by atoms with Crippen LogP contribution in [0.25, 0.3) is 21.8 Å². The van der Waals surface area contributed by atoms with Crippen LogP contribution in [0.2, 0.25) is 5.02 Å². The standard InChI is InChI=1S/C33H34ClN5O3/c1-6-22-16-18-24(19-17-22)37(7-2)31(40)21(4)39-33(42)30-28(26-14-9-10-15-27(26)36(30)5)29(35-39)32(41)38(8-3)25-13-11-12-23(34)20-25/h9-21H,6-8H2,1-5H3. The average molecular weight is 584 g/mol. The van der Waals surface area contributed by atoms with Gasteiger partial charge in [0.25, 0.3) is 17.4 Å². The van der Waals surface area contributed by atoms with E-state index in [1.165, 1.54) is 0 Å². The Morgan fingerprint density at radius 3 is 2.24 bits per heavy atom. The van der Waals surface area contributed by atoms with Gasteiger partial charge < -0.3 is 14.4 Å². The summed E-state index contributed by atoms with van der Waals surface area (Å²) in [6.45, 7) is 8.23. The summed E-state index contributed by atoms with van der Waals surface area (Å²) >= 11 is 6.26. The molecule has 0 spiro atoms. The van der Waals surface area contributed by atoms with Gasteiger partial charge in [0, 0.05) is 52.8 Å². The van der Waals surface area contributed by atoms with Crippen molar-refractivity contribution >= 4 is 56.6 Å². The first-order valence-electron chi connectivity index (χ1n) is 14.2. The molecule has 0 radical (unpaired) electrons. The number of benzene rings is 3. The molecule has 1 atom stereocenters. The van der Waals surface area contributed by atoms with Crippen molar-refractivity contribution < 1.29 is 9.59 Å². The summed E-state index contributed by atoms with van der Waals surface area (Å²) < 4.78 is 2.93. The number of carbonyl (C=O) groups excluding carboxylic acids is 2. The minimum Gasteiger partial charge on any atom is -0.339 e. The quantitative estimate of drug-likeness (QED) is 0.212. The minimum absolute atomic E-state index is 0.0956. The van der Waals surface area contributed by atoms with E-state index in [-0.39, 0.29) is 11.6 Å². The number of nitrogens with zero attached hydrogens (tertiary/aromatic N) is 5. The fourth-order valence-electron chi connectivity index (χ4n) is 5.53. The molecule has 3 aromatic carbocycles. The number of aromatic nitrogens is 3. The van der Waals surface area contributed by atoms with Crippen molar-refractivity contribution in [1.82, 2.24) is 14.3 Å². The first-order valence-corrected chi connectivity index (χ1v) is 14.6. The molecule has 2 heterocycles. The van der Waals surface area contributed by atoms with Gasteiger partial charge in [-0.3, -0.25) is 14.4 Å². The van der Waals surface area contributed by atoms with Gasteiger partial charge in [-0.2, -0.15) is 5.10 Å². The van der Waals surface area contributed by atoms with Gasteiger partial charge in [0.15, 0.2) is 5.69 Å². The number of aryl methyl sites for hydroxylation is 2. The first kappa shape index (κ1) is 29.1. The molecule has 42 heavy (non-hydrogen) atoms. The lowest BCUT2D eigenvalue weighted by molar-refractivity contribution is -0.121. The summed E-state index contributed by atoms with van der Waals surface area (Å²) in [6.07, 6.45) is 0.891. The van der Waals surface area contributed by atoms with Gasteiger partial charge in [-0.1, -0.05) is 54.9 Å². The Morgan fingerprint density at radius 2 is 1.60 bits per heavy atom. The highest BCUT2D eigenvalue weighted by atomic mass is 35.5. The summed E-state index contributed by atoms with van der Waals surface area (Å²) in [5.74, 6) is -0.688. The number of hydrogen-bond acceptors (Lipinski definition) is 4. The zero-order valence-corrected chi connectivity index (χ0v) is 25.2. The molecule has 1 unspecified atom stereocenters. The van der Waals surface area contributed by atoms with Gasteiger partial charge in [0.05, 0.1) is 0 Å². The number of halogens is 1. The maximum Gasteiger partial charge on any atom is 0.292 e. The minimum atomic E-state index is -0.974. The fourth-order valence-corrected chi connectivity index (χ4v) is 5.71. The van der Waals surface area contributed by atoms with Crippen LogP contribution in [0.3, 0.4) is 0 Å². The lowest BCUT2D eigenvalue weighted by Crippen LogP contribution is -2.42. The second-order valence-corrected chi connectivity index (χ2v) is 10.6. The molecule has 9 heteroatoms. The van der Waals surface area contributed by atoms with E-state index < -0.39 is 17.5 Å². The Balaban J connectivity index is 1.70. The Bertz CT molecular complexity index is 1860. The van der Waals surface area contributed by atoms with Crippen molar-refractivity contribution in [2.24, 2.45) is 7.05 Å². The number of para-hydroxylation sites is 1. The lowest BCUT2D eigenvalue weighted by atomic mass is 10.1. The van der Waals surface area contributed by atoms with E-state index in [2.05, 4.69) is 12.0 Å². The van der Waals surface area contributed by atoms with Crippen LogP contribution in [-0.4, -0.2) is 39.3 Å². The summed E-state index contributed by atoms with van der Waals surface area (Å²) in [5.41, 5.74) is 3.26. The van der Waals surface area contributed by atoms with Crippen molar-refractivity contribution in [3.05, 3.63) is 99.4 Å². The third-order valence-electron chi connectivity index (χ3n) is 7.81. The van der Waals surface area contributed by atoms with Gasteiger partial charge in [-0.25, -0.2) is 4.68 Å². The van der Waals surface area contributed by atoms with Crippen molar-refractivity contribution in [2.75, 3.05) is 22.9 Å². The number of hydrogen-bond donors (Lipinski definition) is 0. The van der Waals surface area contributed by atoms with Crippen LogP contribution in [-0.2, 0) is 18.3 Å². The number of amides is 2. The van der Waals surface area contributed by atoms with Crippen LogP contribution in [0, 0.1) is 0 Å². The van der Waals surface area contributed by atoms with Crippen LogP contribution >= 0.6 is 11.6 Å². The zero-order chi connectivity index (χ0) is 30.1. The fraction of sp³-hybridized carbons (Fsp3) is 0.273. The maximum absolute atomic E-state index is 14.3. The van der Waals surface area contributed by atoms with Crippen molar-refractivity contribution in [3.8, 4) is 0 Å². The van der Waals surface area contributed by atoms with Crippen molar-refractivity contribution in [3.63, 3.8) is 0 Å². The summed E-state index contributed by atoms with van der Waals surface area (Å²) in [6, 6.07) is 21.4.